The highest BCUT2D eigenvalue weighted by molar-refractivity contribution is 6.06. The Kier molecular flexibility index (Phi) is 3.04. The molecule has 0 saturated heterocycles. The van der Waals surface area contributed by atoms with Crippen molar-refractivity contribution in [3.05, 3.63) is 41.3 Å². The van der Waals surface area contributed by atoms with Crippen LogP contribution in [0.5, 0.6) is 0 Å². The maximum atomic E-state index is 13.8. The Balaban J connectivity index is 2.83. The van der Waals surface area contributed by atoms with Crippen molar-refractivity contribution in [1.29, 1.82) is 0 Å². The molecular weight excluding hydrogens is 219 g/mol. The summed E-state index contributed by atoms with van der Waals surface area (Å²) in [5, 5.41) is 2.80. The lowest BCUT2D eigenvalue weighted by Crippen LogP contribution is -2.18. The summed E-state index contributed by atoms with van der Waals surface area (Å²) in [4.78, 5) is 15.8. The van der Waals surface area contributed by atoms with Crippen molar-refractivity contribution in [2.24, 2.45) is 0 Å². The minimum Gasteiger partial charge on any atom is -0.355 e. The quantitative estimate of drug-likeness (QED) is 0.863. The van der Waals surface area contributed by atoms with Crippen molar-refractivity contribution in [1.82, 2.24) is 10.3 Å². The molecule has 0 radical (unpaired) electrons. The van der Waals surface area contributed by atoms with Crippen molar-refractivity contribution in [3.63, 3.8) is 0 Å². The molecule has 1 amide bonds. The first kappa shape index (κ1) is 11.5. The van der Waals surface area contributed by atoms with Gasteiger partial charge in [0.15, 0.2) is 0 Å². The van der Waals surface area contributed by atoms with Gasteiger partial charge in [-0.05, 0) is 24.1 Å². The fraction of sp³-hybridized carbons (Fsp3) is 0.231. The van der Waals surface area contributed by atoms with Crippen molar-refractivity contribution < 1.29 is 9.18 Å². The lowest BCUT2D eigenvalue weighted by molar-refractivity contribution is 0.0964. The Bertz CT molecular complexity index is 581. The highest BCUT2D eigenvalue weighted by Gasteiger charge is 2.14. The minimum atomic E-state index is -0.413. The number of pyridine rings is 1. The summed E-state index contributed by atoms with van der Waals surface area (Å²) >= 11 is 0. The third-order valence-corrected chi connectivity index (χ3v) is 2.78. The third-order valence-electron chi connectivity index (χ3n) is 2.78. The summed E-state index contributed by atoms with van der Waals surface area (Å²) in [6.07, 6.45) is 2.28. The van der Waals surface area contributed by atoms with E-state index in [1.165, 1.54) is 25.4 Å². The van der Waals surface area contributed by atoms with E-state index in [9.17, 15) is 9.18 Å². The second kappa shape index (κ2) is 4.49. The van der Waals surface area contributed by atoms with E-state index in [0.717, 1.165) is 12.0 Å². The molecular formula is C13H13FN2O. The molecule has 2 aromatic rings. The molecule has 0 aliphatic heterocycles. The first-order valence-corrected chi connectivity index (χ1v) is 5.47. The van der Waals surface area contributed by atoms with E-state index in [1.54, 1.807) is 6.07 Å². The molecule has 0 aliphatic carbocycles. The van der Waals surface area contributed by atoms with Gasteiger partial charge in [-0.2, -0.15) is 0 Å². The fourth-order valence-electron chi connectivity index (χ4n) is 1.89. The van der Waals surface area contributed by atoms with E-state index in [0.29, 0.717) is 16.5 Å². The SMILES string of the molecule is CCc1ccc(F)c2c(C(=O)NC)ccnc12. The number of nitrogens with one attached hydrogen (secondary N) is 1. The number of amides is 1. The molecule has 2 rings (SSSR count). The molecule has 17 heavy (non-hydrogen) atoms. The van der Waals surface area contributed by atoms with Crippen molar-refractivity contribution in [2.45, 2.75) is 13.3 Å². The number of nitrogens with zero attached hydrogens (tertiary/aromatic N) is 1. The van der Waals surface area contributed by atoms with Crippen molar-refractivity contribution in [3.8, 4) is 0 Å². The van der Waals surface area contributed by atoms with Crippen LogP contribution in [0.15, 0.2) is 24.4 Å². The van der Waals surface area contributed by atoms with Gasteiger partial charge in [0.1, 0.15) is 5.82 Å². The molecule has 0 bridgehead atoms. The van der Waals surface area contributed by atoms with Gasteiger partial charge in [0, 0.05) is 18.6 Å². The van der Waals surface area contributed by atoms with Crippen LogP contribution in [0, 0.1) is 5.82 Å². The predicted octanol–water partition coefficient (Wildman–Crippen LogP) is 2.30. The Morgan fingerprint density at radius 1 is 1.41 bits per heavy atom. The van der Waals surface area contributed by atoms with Crippen molar-refractivity contribution >= 4 is 16.8 Å². The second-order valence-electron chi connectivity index (χ2n) is 3.72. The van der Waals surface area contributed by atoms with Gasteiger partial charge in [-0.3, -0.25) is 9.78 Å². The Labute approximate surface area is 98.7 Å². The van der Waals surface area contributed by atoms with Gasteiger partial charge in [0.25, 0.3) is 5.91 Å². The number of carbonyl (C=O) groups excluding carboxylic acids is 1. The molecule has 1 aromatic heterocycles. The molecule has 0 unspecified atom stereocenters. The molecule has 88 valence electrons. The minimum absolute atomic E-state index is 0.297. The lowest BCUT2D eigenvalue weighted by atomic mass is 10.0. The maximum absolute atomic E-state index is 13.8. The van der Waals surface area contributed by atoms with Crippen LogP contribution in [0.25, 0.3) is 10.9 Å². The summed E-state index contributed by atoms with van der Waals surface area (Å²) in [6.45, 7) is 1.97. The number of rotatable bonds is 2. The zero-order chi connectivity index (χ0) is 12.4. The molecule has 0 fully saturated rings. The average molecular weight is 232 g/mol. The van der Waals surface area contributed by atoms with Gasteiger partial charge < -0.3 is 5.32 Å². The number of hydrogen-bond acceptors (Lipinski definition) is 2. The van der Waals surface area contributed by atoms with Crippen LogP contribution in [-0.2, 0) is 6.42 Å². The number of hydrogen-bond donors (Lipinski definition) is 1. The Hall–Kier alpha value is -1.97. The van der Waals surface area contributed by atoms with Crippen LogP contribution in [0.2, 0.25) is 0 Å². The normalized spacial score (nSPS) is 10.5. The summed E-state index contributed by atoms with van der Waals surface area (Å²) < 4.78 is 13.8. The summed E-state index contributed by atoms with van der Waals surface area (Å²) in [5.74, 6) is -0.714. The molecule has 0 spiro atoms. The molecule has 0 aliphatic rings. The first-order chi connectivity index (χ1) is 8.19. The van der Waals surface area contributed by atoms with E-state index in [1.807, 2.05) is 6.92 Å². The molecule has 1 N–H and O–H groups in total. The van der Waals surface area contributed by atoms with Crippen LogP contribution < -0.4 is 5.32 Å². The van der Waals surface area contributed by atoms with E-state index in [-0.39, 0.29) is 5.91 Å². The van der Waals surface area contributed by atoms with E-state index >= 15 is 0 Å². The van der Waals surface area contributed by atoms with Gasteiger partial charge in [0.05, 0.1) is 11.1 Å². The average Bonchev–Trinajstić information content (AvgIpc) is 2.38. The van der Waals surface area contributed by atoms with Crippen LogP contribution >= 0.6 is 0 Å². The topological polar surface area (TPSA) is 42.0 Å². The van der Waals surface area contributed by atoms with Gasteiger partial charge in [-0.15, -0.1) is 0 Å². The van der Waals surface area contributed by atoms with Gasteiger partial charge >= 0.3 is 0 Å². The van der Waals surface area contributed by atoms with E-state index in [4.69, 9.17) is 0 Å². The highest BCUT2D eigenvalue weighted by atomic mass is 19.1. The smallest absolute Gasteiger partial charge is 0.251 e. The highest BCUT2D eigenvalue weighted by Crippen LogP contribution is 2.23. The summed E-state index contributed by atoms with van der Waals surface area (Å²) in [7, 11) is 1.52. The maximum Gasteiger partial charge on any atom is 0.251 e. The predicted molar refractivity (Wildman–Crippen MR) is 64.5 cm³/mol. The molecule has 1 aromatic carbocycles. The zero-order valence-electron chi connectivity index (χ0n) is 9.75. The summed E-state index contributed by atoms with van der Waals surface area (Å²) in [6, 6.07) is 4.62. The largest absolute Gasteiger partial charge is 0.355 e. The Morgan fingerprint density at radius 2 is 2.18 bits per heavy atom. The standard InChI is InChI=1S/C13H13FN2O/c1-3-8-4-5-10(14)11-9(13(17)15-2)6-7-16-12(8)11/h4-7H,3H2,1-2H3,(H,15,17). The number of aryl methyl sites for hydroxylation is 1. The van der Waals surface area contributed by atoms with Crippen LogP contribution in [-0.4, -0.2) is 17.9 Å². The first-order valence-electron chi connectivity index (χ1n) is 5.47. The second-order valence-corrected chi connectivity index (χ2v) is 3.72. The van der Waals surface area contributed by atoms with Crippen LogP contribution in [0.3, 0.4) is 0 Å². The van der Waals surface area contributed by atoms with Crippen molar-refractivity contribution in [2.75, 3.05) is 7.05 Å². The van der Waals surface area contributed by atoms with E-state index in [2.05, 4.69) is 10.3 Å². The molecule has 0 saturated carbocycles. The third kappa shape index (κ3) is 1.86. The van der Waals surface area contributed by atoms with Gasteiger partial charge in [-0.1, -0.05) is 13.0 Å². The van der Waals surface area contributed by atoms with E-state index < -0.39 is 5.82 Å². The number of halogens is 1. The zero-order valence-corrected chi connectivity index (χ0v) is 9.75. The molecule has 3 nitrogen and oxygen atoms in total. The van der Waals surface area contributed by atoms with Crippen LogP contribution in [0.4, 0.5) is 4.39 Å². The number of benzene rings is 1. The summed E-state index contributed by atoms with van der Waals surface area (Å²) in [5.41, 5.74) is 1.83. The van der Waals surface area contributed by atoms with Crippen LogP contribution in [0.1, 0.15) is 22.8 Å². The van der Waals surface area contributed by atoms with Gasteiger partial charge in [0.2, 0.25) is 0 Å². The number of carbonyl (C=O) groups is 1. The molecule has 4 heteroatoms. The van der Waals surface area contributed by atoms with Gasteiger partial charge in [-0.25, -0.2) is 4.39 Å². The molecule has 1 heterocycles. The monoisotopic (exact) mass is 232 g/mol. The number of fused-ring (bicyclic) bond motifs is 1. The lowest BCUT2D eigenvalue weighted by Gasteiger charge is -2.08. The number of aromatic nitrogens is 1. The molecule has 0 atom stereocenters. The fourth-order valence-corrected chi connectivity index (χ4v) is 1.89. The Morgan fingerprint density at radius 3 is 2.82 bits per heavy atom.